The Balaban J connectivity index is 2.08. The maximum Gasteiger partial charge on any atom is 0.416 e. The number of esters is 2. The number of halogens is 8. The van der Waals surface area contributed by atoms with Gasteiger partial charge in [0.2, 0.25) is 0 Å². The predicted octanol–water partition coefficient (Wildman–Crippen LogP) is 5.07. The topological polar surface area (TPSA) is 52.6 Å². The molecular weight excluding hydrogens is 432 g/mol. The van der Waals surface area contributed by atoms with Crippen molar-refractivity contribution in [2.45, 2.75) is 12.4 Å². The fourth-order valence-electron chi connectivity index (χ4n) is 1.94. The fourth-order valence-corrected chi connectivity index (χ4v) is 1.94. The number of hydrogen-bond acceptors (Lipinski definition) is 4. The van der Waals surface area contributed by atoms with Crippen LogP contribution in [-0.2, 0) is 21.9 Å². The van der Waals surface area contributed by atoms with Crippen LogP contribution in [0.2, 0.25) is 0 Å². The minimum atomic E-state index is -4.84. The number of benzene rings is 2. The first-order valence-corrected chi connectivity index (χ1v) is 7.62. The third-order valence-corrected chi connectivity index (χ3v) is 3.29. The van der Waals surface area contributed by atoms with Gasteiger partial charge in [-0.1, -0.05) is 0 Å². The molecule has 0 aliphatic rings. The molecule has 0 aliphatic heterocycles. The quantitative estimate of drug-likeness (QED) is 0.288. The van der Waals surface area contributed by atoms with E-state index in [0.717, 1.165) is 0 Å². The second kappa shape index (κ2) is 8.51. The molecule has 2 rings (SSSR count). The van der Waals surface area contributed by atoms with Gasteiger partial charge >= 0.3 is 24.3 Å². The average Bonchev–Trinajstić information content (AvgIpc) is 2.62. The van der Waals surface area contributed by atoms with Crippen molar-refractivity contribution < 1.29 is 54.2 Å². The van der Waals surface area contributed by atoms with Crippen LogP contribution in [0.5, 0.6) is 11.5 Å². The Bertz CT molecular complexity index is 913. The van der Waals surface area contributed by atoms with E-state index in [0.29, 0.717) is 36.4 Å². The Hall–Kier alpha value is -3.44. The second-order valence-corrected chi connectivity index (χ2v) is 5.46. The van der Waals surface area contributed by atoms with Crippen molar-refractivity contribution in [3.05, 3.63) is 71.3 Å². The van der Waals surface area contributed by atoms with Crippen LogP contribution in [0.4, 0.5) is 35.1 Å². The van der Waals surface area contributed by atoms with Crippen LogP contribution >= 0.6 is 0 Å². The Kier molecular flexibility index (Phi) is 6.48. The van der Waals surface area contributed by atoms with E-state index in [4.69, 9.17) is 0 Å². The highest BCUT2D eigenvalue weighted by atomic mass is 19.4. The standard InChI is InChI=1S/C18H8F8O4/c19-11-3-1-9(17(21,22)23)7-13(11)29-15(27)5-6-16(28)30-14-8-10(18(24,25)26)2-4-12(14)20/h1-8H/b6-5+. The van der Waals surface area contributed by atoms with Gasteiger partial charge < -0.3 is 9.47 Å². The van der Waals surface area contributed by atoms with Gasteiger partial charge in [-0.2, -0.15) is 26.3 Å². The van der Waals surface area contributed by atoms with E-state index in [-0.39, 0.29) is 12.1 Å². The molecule has 0 saturated heterocycles. The molecule has 160 valence electrons. The monoisotopic (exact) mass is 440 g/mol. The van der Waals surface area contributed by atoms with Crippen LogP contribution in [0.15, 0.2) is 48.6 Å². The third-order valence-electron chi connectivity index (χ3n) is 3.29. The summed E-state index contributed by atoms with van der Waals surface area (Å²) in [6.07, 6.45) is -9.09. The average molecular weight is 440 g/mol. The molecule has 0 aromatic heterocycles. The van der Waals surface area contributed by atoms with E-state index in [1.165, 1.54) is 0 Å². The summed E-state index contributed by atoms with van der Waals surface area (Å²) in [7, 11) is 0. The van der Waals surface area contributed by atoms with Crippen LogP contribution in [-0.4, -0.2) is 11.9 Å². The van der Waals surface area contributed by atoms with Crippen LogP contribution in [0.1, 0.15) is 11.1 Å². The maximum atomic E-state index is 13.5. The van der Waals surface area contributed by atoms with Gasteiger partial charge in [0.1, 0.15) is 0 Å². The zero-order valence-electron chi connectivity index (χ0n) is 14.3. The summed E-state index contributed by atoms with van der Waals surface area (Å²) in [6, 6.07) is 2.03. The smallest absolute Gasteiger partial charge is 0.416 e. The molecule has 2 aromatic carbocycles. The van der Waals surface area contributed by atoms with Crippen molar-refractivity contribution in [3.8, 4) is 11.5 Å². The molecule has 0 aliphatic carbocycles. The summed E-state index contributed by atoms with van der Waals surface area (Å²) in [5.74, 6) is -7.80. The molecule has 0 bridgehead atoms. The van der Waals surface area contributed by atoms with Crippen LogP contribution in [0, 0.1) is 11.6 Å². The van der Waals surface area contributed by atoms with Gasteiger partial charge in [-0.15, -0.1) is 0 Å². The number of alkyl halides is 6. The Morgan fingerprint density at radius 2 is 1.00 bits per heavy atom. The second-order valence-electron chi connectivity index (χ2n) is 5.46. The lowest BCUT2D eigenvalue weighted by Crippen LogP contribution is -2.12. The summed E-state index contributed by atoms with van der Waals surface area (Å²) >= 11 is 0. The fraction of sp³-hybridized carbons (Fsp3) is 0.111. The molecular formula is C18H8F8O4. The van der Waals surface area contributed by atoms with Gasteiger partial charge in [-0.05, 0) is 36.4 Å². The maximum absolute atomic E-state index is 13.5. The van der Waals surface area contributed by atoms with Gasteiger partial charge in [0, 0.05) is 12.2 Å². The molecule has 0 radical (unpaired) electrons. The van der Waals surface area contributed by atoms with E-state index in [9.17, 15) is 44.7 Å². The molecule has 30 heavy (non-hydrogen) atoms. The highest BCUT2D eigenvalue weighted by molar-refractivity contribution is 5.93. The molecule has 12 heteroatoms. The number of hydrogen-bond donors (Lipinski definition) is 0. The normalized spacial score (nSPS) is 12.1. The summed E-state index contributed by atoms with van der Waals surface area (Å²) in [6.45, 7) is 0. The Morgan fingerprint density at radius 3 is 1.30 bits per heavy atom. The third kappa shape index (κ3) is 6.03. The zero-order valence-corrected chi connectivity index (χ0v) is 14.3. The van der Waals surface area contributed by atoms with Crippen molar-refractivity contribution in [3.63, 3.8) is 0 Å². The van der Waals surface area contributed by atoms with Crippen molar-refractivity contribution in [2.75, 3.05) is 0 Å². The van der Waals surface area contributed by atoms with Gasteiger partial charge in [-0.25, -0.2) is 18.4 Å². The molecule has 4 nitrogen and oxygen atoms in total. The lowest BCUT2D eigenvalue weighted by molar-refractivity contribution is -0.139. The highest BCUT2D eigenvalue weighted by Crippen LogP contribution is 2.33. The van der Waals surface area contributed by atoms with Crippen molar-refractivity contribution in [1.29, 1.82) is 0 Å². The SMILES string of the molecule is O=C(/C=C/C(=O)Oc1cc(C(F)(F)F)ccc1F)Oc1cc(C(F)(F)F)ccc1F. The number of carbonyl (C=O) groups excluding carboxylic acids is 2. The minimum Gasteiger partial charge on any atom is -0.420 e. The molecule has 0 heterocycles. The molecule has 0 saturated carbocycles. The van der Waals surface area contributed by atoms with E-state index in [1.54, 1.807) is 0 Å². The number of carbonyl (C=O) groups is 2. The highest BCUT2D eigenvalue weighted by Gasteiger charge is 2.32. The van der Waals surface area contributed by atoms with E-state index < -0.39 is 58.6 Å². The molecule has 0 amide bonds. The van der Waals surface area contributed by atoms with Gasteiger partial charge in [0.15, 0.2) is 23.1 Å². The molecule has 0 spiro atoms. The number of rotatable bonds is 4. The first-order valence-electron chi connectivity index (χ1n) is 7.62. The van der Waals surface area contributed by atoms with E-state index >= 15 is 0 Å². The van der Waals surface area contributed by atoms with E-state index in [1.807, 2.05) is 0 Å². The summed E-state index contributed by atoms with van der Waals surface area (Å²) in [4.78, 5) is 23.1. The van der Waals surface area contributed by atoms with Crippen molar-refractivity contribution in [1.82, 2.24) is 0 Å². The molecule has 0 unspecified atom stereocenters. The predicted molar refractivity (Wildman–Crippen MR) is 83.2 cm³/mol. The summed E-state index contributed by atoms with van der Waals surface area (Å²) in [5, 5.41) is 0. The van der Waals surface area contributed by atoms with Gasteiger partial charge in [0.25, 0.3) is 0 Å². The Morgan fingerprint density at radius 1 is 0.667 bits per heavy atom. The largest absolute Gasteiger partial charge is 0.420 e. The molecule has 2 aromatic rings. The minimum absolute atomic E-state index is 0.206. The summed E-state index contributed by atoms with van der Waals surface area (Å²) in [5.41, 5.74) is -2.62. The molecule has 0 atom stereocenters. The van der Waals surface area contributed by atoms with Gasteiger partial charge in [-0.3, -0.25) is 0 Å². The molecule has 0 fully saturated rings. The van der Waals surface area contributed by atoms with Crippen molar-refractivity contribution in [2.24, 2.45) is 0 Å². The van der Waals surface area contributed by atoms with Crippen molar-refractivity contribution >= 4 is 11.9 Å². The summed E-state index contributed by atoms with van der Waals surface area (Å²) < 4.78 is 111. The first kappa shape index (κ1) is 22.8. The zero-order chi connectivity index (χ0) is 22.7. The van der Waals surface area contributed by atoms with Crippen LogP contribution in [0.25, 0.3) is 0 Å². The number of ether oxygens (including phenoxy) is 2. The van der Waals surface area contributed by atoms with E-state index in [2.05, 4.69) is 9.47 Å². The Labute approximate surface area is 162 Å². The van der Waals surface area contributed by atoms with Crippen LogP contribution in [0.3, 0.4) is 0 Å². The molecule has 0 N–H and O–H groups in total. The van der Waals surface area contributed by atoms with Crippen LogP contribution < -0.4 is 9.47 Å². The van der Waals surface area contributed by atoms with Gasteiger partial charge in [0.05, 0.1) is 11.1 Å². The lowest BCUT2D eigenvalue weighted by atomic mass is 10.2. The first-order chi connectivity index (χ1) is 13.8. The lowest BCUT2D eigenvalue weighted by Gasteiger charge is -2.09.